The summed E-state index contributed by atoms with van der Waals surface area (Å²) in [5.41, 5.74) is 0. The van der Waals surface area contributed by atoms with E-state index in [1.54, 1.807) is 0 Å². The summed E-state index contributed by atoms with van der Waals surface area (Å²) in [7, 11) is -3.18. The molecule has 0 aromatic heterocycles. The molecule has 0 aromatic carbocycles. The highest BCUT2D eigenvalue weighted by molar-refractivity contribution is 7.89. The summed E-state index contributed by atoms with van der Waals surface area (Å²) in [6.07, 6.45) is 1.79. The molecule has 108 valence electrons. The minimum atomic E-state index is -3.18. The van der Waals surface area contributed by atoms with Crippen LogP contribution in [0.4, 0.5) is 0 Å². The van der Waals surface area contributed by atoms with Gasteiger partial charge in [-0.05, 0) is 45.7 Å². The molecule has 1 aliphatic rings. The van der Waals surface area contributed by atoms with Gasteiger partial charge in [-0.3, -0.25) is 0 Å². The SMILES string of the molecule is CC(CCl)CS(=O)(=O)NC1CCN(C(C)C)CC1. The molecule has 1 saturated heterocycles. The number of rotatable bonds is 6. The molecule has 18 heavy (non-hydrogen) atoms. The van der Waals surface area contributed by atoms with Gasteiger partial charge in [-0.15, -0.1) is 11.6 Å². The van der Waals surface area contributed by atoms with Gasteiger partial charge in [0.15, 0.2) is 0 Å². The minimum Gasteiger partial charge on any atom is -0.301 e. The molecule has 1 unspecified atom stereocenters. The molecule has 0 aromatic rings. The first kappa shape index (κ1) is 16.2. The van der Waals surface area contributed by atoms with E-state index in [9.17, 15) is 8.42 Å². The third kappa shape index (κ3) is 5.43. The van der Waals surface area contributed by atoms with Crippen molar-refractivity contribution >= 4 is 21.6 Å². The minimum absolute atomic E-state index is 0.0000743. The molecule has 6 heteroatoms. The number of halogens is 1. The van der Waals surface area contributed by atoms with Crippen LogP contribution >= 0.6 is 11.6 Å². The summed E-state index contributed by atoms with van der Waals surface area (Å²) in [5.74, 6) is 0.507. The van der Waals surface area contributed by atoms with Crippen LogP contribution in [0.15, 0.2) is 0 Å². The molecule has 0 bridgehead atoms. The van der Waals surface area contributed by atoms with Crippen LogP contribution in [0, 0.1) is 5.92 Å². The smallest absolute Gasteiger partial charge is 0.212 e. The predicted molar refractivity (Wildman–Crippen MR) is 76.5 cm³/mol. The third-order valence-electron chi connectivity index (χ3n) is 3.37. The van der Waals surface area contributed by atoms with E-state index in [0.29, 0.717) is 11.9 Å². The number of sulfonamides is 1. The lowest BCUT2D eigenvalue weighted by Gasteiger charge is -2.34. The molecule has 1 aliphatic heterocycles. The van der Waals surface area contributed by atoms with Crippen LogP contribution in [-0.2, 0) is 10.0 Å². The van der Waals surface area contributed by atoms with E-state index in [-0.39, 0.29) is 17.7 Å². The molecule has 1 atom stereocenters. The van der Waals surface area contributed by atoms with Gasteiger partial charge in [0.1, 0.15) is 0 Å². The van der Waals surface area contributed by atoms with Gasteiger partial charge in [0.05, 0.1) is 5.75 Å². The second kappa shape index (κ2) is 7.08. The van der Waals surface area contributed by atoms with Crippen LogP contribution in [0.1, 0.15) is 33.6 Å². The summed E-state index contributed by atoms with van der Waals surface area (Å²) in [6, 6.07) is 0.631. The van der Waals surface area contributed by atoms with Gasteiger partial charge in [0, 0.05) is 18.0 Å². The standard InChI is InChI=1S/C12H25ClN2O2S/c1-10(2)15-6-4-12(5-7-15)14-18(16,17)9-11(3)8-13/h10-12,14H,4-9H2,1-3H3. The monoisotopic (exact) mass is 296 g/mol. The molecule has 1 N–H and O–H groups in total. The molecular weight excluding hydrogens is 272 g/mol. The number of hydrogen-bond acceptors (Lipinski definition) is 3. The zero-order valence-electron chi connectivity index (χ0n) is 11.5. The second-order valence-electron chi connectivity index (χ2n) is 5.56. The predicted octanol–water partition coefficient (Wildman–Crippen LogP) is 1.65. The quantitative estimate of drug-likeness (QED) is 0.758. The Hall–Kier alpha value is 0.160. The van der Waals surface area contributed by atoms with E-state index in [4.69, 9.17) is 11.6 Å². The maximum Gasteiger partial charge on any atom is 0.212 e. The molecule has 0 saturated carbocycles. The van der Waals surface area contributed by atoms with Crippen molar-refractivity contribution < 1.29 is 8.42 Å². The molecule has 0 amide bonds. The Labute approximate surface area is 116 Å². The Morgan fingerprint density at radius 3 is 2.28 bits per heavy atom. The number of piperidine rings is 1. The van der Waals surface area contributed by atoms with E-state index in [1.165, 1.54) is 0 Å². The van der Waals surface area contributed by atoms with Gasteiger partial charge >= 0.3 is 0 Å². The molecule has 0 spiro atoms. The fourth-order valence-electron chi connectivity index (χ4n) is 2.25. The Morgan fingerprint density at radius 2 is 1.83 bits per heavy atom. The van der Waals surface area contributed by atoms with Crippen molar-refractivity contribution in [3.05, 3.63) is 0 Å². The zero-order valence-corrected chi connectivity index (χ0v) is 13.1. The Kier molecular flexibility index (Phi) is 6.38. The van der Waals surface area contributed by atoms with Gasteiger partial charge in [-0.25, -0.2) is 13.1 Å². The van der Waals surface area contributed by atoms with E-state index >= 15 is 0 Å². The fourth-order valence-corrected chi connectivity index (χ4v) is 4.20. The first-order chi connectivity index (χ1) is 8.34. The van der Waals surface area contributed by atoms with Crippen molar-refractivity contribution in [1.82, 2.24) is 9.62 Å². The van der Waals surface area contributed by atoms with Gasteiger partial charge in [-0.1, -0.05) is 6.92 Å². The van der Waals surface area contributed by atoms with Crippen LogP contribution in [0.2, 0.25) is 0 Å². The van der Waals surface area contributed by atoms with Crippen LogP contribution in [0.3, 0.4) is 0 Å². The molecule has 1 rings (SSSR count). The summed E-state index contributed by atoms with van der Waals surface area (Å²) in [4.78, 5) is 2.38. The van der Waals surface area contributed by atoms with Crippen molar-refractivity contribution in [1.29, 1.82) is 0 Å². The highest BCUT2D eigenvalue weighted by Gasteiger charge is 2.25. The van der Waals surface area contributed by atoms with Gasteiger partial charge in [0.25, 0.3) is 0 Å². The van der Waals surface area contributed by atoms with Crippen molar-refractivity contribution in [3.8, 4) is 0 Å². The molecule has 1 heterocycles. The van der Waals surface area contributed by atoms with Gasteiger partial charge in [0.2, 0.25) is 10.0 Å². The van der Waals surface area contributed by atoms with Crippen LogP contribution < -0.4 is 4.72 Å². The molecule has 1 fully saturated rings. The number of nitrogens with zero attached hydrogens (tertiary/aromatic N) is 1. The number of alkyl halides is 1. The normalized spacial score (nSPS) is 21.4. The summed E-state index contributed by atoms with van der Waals surface area (Å²) < 4.78 is 26.6. The molecule has 0 aliphatic carbocycles. The third-order valence-corrected chi connectivity index (χ3v) is 5.60. The van der Waals surface area contributed by atoms with Crippen LogP contribution in [-0.4, -0.2) is 50.1 Å². The Balaban J connectivity index is 2.40. The molecule has 0 radical (unpaired) electrons. The van der Waals surface area contributed by atoms with E-state index in [2.05, 4.69) is 23.5 Å². The topological polar surface area (TPSA) is 49.4 Å². The summed E-state index contributed by atoms with van der Waals surface area (Å²) in [5, 5.41) is 0. The number of nitrogens with one attached hydrogen (secondary N) is 1. The maximum absolute atomic E-state index is 11.9. The number of likely N-dealkylation sites (tertiary alicyclic amines) is 1. The van der Waals surface area contributed by atoms with Crippen LogP contribution in [0.5, 0.6) is 0 Å². The fraction of sp³-hybridized carbons (Fsp3) is 1.00. The van der Waals surface area contributed by atoms with Crippen molar-refractivity contribution in [2.45, 2.75) is 45.7 Å². The Morgan fingerprint density at radius 1 is 1.28 bits per heavy atom. The van der Waals surface area contributed by atoms with Crippen LogP contribution in [0.25, 0.3) is 0 Å². The van der Waals surface area contributed by atoms with Crippen molar-refractivity contribution in [3.63, 3.8) is 0 Å². The summed E-state index contributed by atoms with van der Waals surface area (Å²) >= 11 is 5.66. The first-order valence-corrected chi connectivity index (χ1v) is 8.82. The Bertz CT molecular complexity index is 338. The molecule has 4 nitrogen and oxygen atoms in total. The van der Waals surface area contributed by atoms with E-state index in [0.717, 1.165) is 25.9 Å². The van der Waals surface area contributed by atoms with E-state index in [1.807, 2.05) is 6.92 Å². The summed E-state index contributed by atoms with van der Waals surface area (Å²) in [6.45, 7) is 8.14. The first-order valence-electron chi connectivity index (χ1n) is 6.64. The second-order valence-corrected chi connectivity index (χ2v) is 7.67. The average molecular weight is 297 g/mol. The van der Waals surface area contributed by atoms with Gasteiger partial charge < -0.3 is 4.90 Å². The highest BCUT2D eigenvalue weighted by Crippen LogP contribution is 2.14. The lowest BCUT2D eigenvalue weighted by Crippen LogP contribution is -2.47. The lowest BCUT2D eigenvalue weighted by molar-refractivity contribution is 0.168. The maximum atomic E-state index is 11.9. The van der Waals surface area contributed by atoms with Gasteiger partial charge in [-0.2, -0.15) is 0 Å². The van der Waals surface area contributed by atoms with Crippen molar-refractivity contribution in [2.24, 2.45) is 5.92 Å². The average Bonchev–Trinajstić information content (AvgIpc) is 2.28. The largest absolute Gasteiger partial charge is 0.301 e. The zero-order chi connectivity index (χ0) is 13.8. The number of hydrogen-bond donors (Lipinski definition) is 1. The molecular formula is C12H25ClN2O2S. The highest BCUT2D eigenvalue weighted by atomic mass is 35.5. The van der Waals surface area contributed by atoms with E-state index < -0.39 is 10.0 Å². The lowest BCUT2D eigenvalue weighted by atomic mass is 10.1. The van der Waals surface area contributed by atoms with Crippen molar-refractivity contribution in [2.75, 3.05) is 24.7 Å².